The van der Waals surface area contributed by atoms with Crippen molar-refractivity contribution in [2.24, 2.45) is 5.73 Å². The molecular formula is C8H9Cl3N2S. The summed E-state index contributed by atoms with van der Waals surface area (Å²) in [6, 6.07) is 5.32. The Morgan fingerprint density at radius 1 is 1.36 bits per heavy atom. The Balaban J connectivity index is 0.00000169. The van der Waals surface area contributed by atoms with Crippen molar-refractivity contribution in [3.63, 3.8) is 0 Å². The van der Waals surface area contributed by atoms with Gasteiger partial charge in [-0.2, -0.15) is 0 Å². The first kappa shape index (κ1) is 13.8. The Hall–Kier alpha value is -0.220. The van der Waals surface area contributed by atoms with E-state index in [2.05, 4.69) is 17.5 Å². The molecule has 6 heteroatoms. The Kier molecular flexibility index (Phi) is 6.20. The maximum atomic E-state index is 5.90. The van der Waals surface area contributed by atoms with Gasteiger partial charge in [0, 0.05) is 22.2 Å². The van der Waals surface area contributed by atoms with Gasteiger partial charge in [-0.3, -0.25) is 0 Å². The van der Waals surface area contributed by atoms with E-state index in [0.717, 1.165) is 5.56 Å². The van der Waals surface area contributed by atoms with Gasteiger partial charge in [0.25, 0.3) is 0 Å². The molecular weight excluding hydrogens is 263 g/mol. The molecule has 0 saturated carbocycles. The fraction of sp³-hybridized carbons (Fsp3) is 0.125. The van der Waals surface area contributed by atoms with Crippen molar-refractivity contribution in [2.75, 3.05) is 0 Å². The maximum Gasteiger partial charge on any atom is 0.163 e. The number of hydrogen-bond donors (Lipinski definition) is 2. The first-order valence-electron chi connectivity index (χ1n) is 3.57. The topological polar surface area (TPSA) is 38.0 Å². The second-order valence-electron chi connectivity index (χ2n) is 2.42. The summed E-state index contributed by atoms with van der Waals surface area (Å²) in [5.74, 6) is 0. The molecule has 0 bridgehead atoms. The molecule has 3 N–H and O–H groups in total. The van der Waals surface area contributed by atoms with Gasteiger partial charge >= 0.3 is 0 Å². The van der Waals surface area contributed by atoms with Crippen LogP contribution in [0, 0.1) is 0 Å². The fourth-order valence-electron chi connectivity index (χ4n) is 0.877. The van der Waals surface area contributed by atoms with Crippen LogP contribution in [0.4, 0.5) is 0 Å². The molecule has 0 heterocycles. The van der Waals surface area contributed by atoms with Crippen LogP contribution in [0.25, 0.3) is 0 Å². The van der Waals surface area contributed by atoms with E-state index in [1.807, 2.05) is 0 Å². The quantitative estimate of drug-likeness (QED) is 0.812. The molecule has 0 spiro atoms. The molecule has 0 aliphatic carbocycles. The van der Waals surface area contributed by atoms with Gasteiger partial charge in [0.05, 0.1) is 0 Å². The van der Waals surface area contributed by atoms with Gasteiger partial charge in [-0.25, -0.2) is 0 Å². The van der Waals surface area contributed by atoms with E-state index >= 15 is 0 Å². The highest BCUT2D eigenvalue weighted by Crippen LogP contribution is 2.23. The summed E-state index contributed by atoms with van der Waals surface area (Å²) in [5.41, 5.74) is 6.08. The summed E-state index contributed by atoms with van der Waals surface area (Å²) >= 11 is 16.5. The predicted octanol–water partition coefficient (Wildman–Crippen LogP) is 2.75. The second-order valence-corrected chi connectivity index (χ2v) is 3.67. The molecule has 0 unspecified atom stereocenters. The zero-order valence-electron chi connectivity index (χ0n) is 7.09. The van der Waals surface area contributed by atoms with Gasteiger partial charge in [-0.05, 0) is 24.4 Å². The summed E-state index contributed by atoms with van der Waals surface area (Å²) < 4.78 is 0. The third-order valence-electron chi connectivity index (χ3n) is 1.50. The van der Waals surface area contributed by atoms with E-state index in [9.17, 15) is 0 Å². The van der Waals surface area contributed by atoms with Crippen molar-refractivity contribution in [2.45, 2.75) is 6.54 Å². The Morgan fingerprint density at radius 3 is 2.29 bits per heavy atom. The summed E-state index contributed by atoms with van der Waals surface area (Å²) in [5, 5.41) is 4.23. The van der Waals surface area contributed by atoms with Gasteiger partial charge in [0.15, 0.2) is 5.11 Å². The van der Waals surface area contributed by atoms with E-state index in [1.165, 1.54) is 0 Å². The van der Waals surface area contributed by atoms with Crippen molar-refractivity contribution < 1.29 is 0 Å². The highest BCUT2D eigenvalue weighted by atomic mass is 35.5. The normalized spacial score (nSPS) is 9.00. The van der Waals surface area contributed by atoms with Crippen LogP contribution in [-0.4, -0.2) is 5.11 Å². The largest absolute Gasteiger partial charge is 0.376 e. The number of nitrogens with one attached hydrogen (secondary N) is 1. The Morgan fingerprint density at radius 2 is 1.86 bits per heavy atom. The highest BCUT2D eigenvalue weighted by Gasteiger charge is 2.04. The molecule has 2 nitrogen and oxygen atoms in total. The molecule has 1 aromatic carbocycles. The number of benzene rings is 1. The molecule has 78 valence electrons. The standard InChI is InChI=1S/C8H8Cl2N2S.ClH/c9-6-2-1-3-7(10)5(6)4-12-8(11)13;/h1-3H,4H2,(H3,11,12,13);1H. The lowest BCUT2D eigenvalue weighted by Gasteiger charge is -2.07. The van der Waals surface area contributed by atoms with Crippen LogP contribution in [0.2, 0.25) is 10.0 Å². The number of nitrogens with two attached hydrogens (primary N) is 1. The fourth-order valence-corrected chi connectivity index (χ4v) is 1.48. The molecule has 0 saturated heterocycles. The molecule has 0 amide bonds. The minimum absolute atomic E-state index is 0. The molecule has 1 rings (SSSR count). The maximum absolute atomic E-state index is 5.90. The van der Waals surface area contributed by atoms with Crippen molar-refractivity contribution in [1.29, 1.82) is 0 Å². The van der Waals surface area contributed by atoms with Crippen LogP contribution in [0.5, 0.6) is 0 Å². The van der Waals surface area contributed by atoms with Crippen LogP contribution in [0.15, 0.2) is 18.2 Å². The molecule has 0 fully saturated rings. The van der Waals surface area contributed by atoms with Gasteiger partial charge in [-0.1, -0.05) is 29.3 Å². The molecule has 1 aromatic rings. The summed E-state index contributed by atoms with van der Waals surface area (Å²) in [7, 11) is 0. The molecule has 14 heavy (non-hydrogen) atoms. The van der Waals surface area contributed by atoms with Crippen LogP contribution >= 0.6 is 47.8 Å². The van der Waals surface area contributed by atoms with Crippen molar-refractivity contribution in [3.8, 4) is 0 Å². The first-order chi connectivity index (χ1) is 6.11. The average Bonchev–Trinajstić information content (AvgIpc) is 2.03. The summed E-state index contributed by atoms with van der Waals surface area (Å²) in [6.45, 7) is 0.452. The van der Waals surface area contributed by atoms with Gasteiger partial charge in [-0.15, -0.1) is 12.4 Å². The van der Waals surface area contributed by atoms with Crippen molar-refractivity contribution >= 4 is 52.9 Å². The van der Waals surface area contributed by atoms with E-state index in [1.54, 1.807) is 18.2 Å². The number of hydrogen-bond acceptors (Lipinski definition) is 1. The zero-order valence-corrected chi connectivity index (χ0v) is 10.2. The lowest BCUT2D eigenvalue weighted by molar-refractivity contribution is 0.920. The highest BCUT2D eigenvalue weighted by molar-refractivity contribution is 7.80. The smallest absolute Gasteiger partial charge is 0.163 e. The number of thiocarbonyl (C=S) groups is 1. The third kappa shape index (κ3) is 3.88. The monoisotopic (exact) mass is 270 g/mol. The van der Waals surface area contributed by atoms with Gasteiger partial charge in [0.2, 0.25) is 0 Å². The van der Waals surface area contributed by atoms with E-state index in [0.29, 0.717) is 16.6 Å². The van der Waals surface area contributed by atoms with E-state index in [-0.39, 0.29) is 17.5 Å². The van der Waals surface area contributed by atoms with E-state index < -0.39 is 0 Å². The summed E-state index contributed by atoms with van der Waals surface area (Å²) in [4.78, 5) is 0. The predicted molar refractivity (Wildman–Crippen MR) is 67.3 cm³/mol. The lowest BCUT2D eigenvalue weighted by atomic mass is 10.2. The second kappa shape index (κ2) is 6.30. The Labute approximate surface area is 104 Å². The molecule has 0 radical (unpaired) electrons. The first-order valence-corrected chi connectivity index (χ1v) is 4.74. The minimum Gasteiger partial charge on any atom is -0.376 e. The number of rotatable bonds is 2. The third-order valence-corrected chi connectivity index (χ3v) is 2.35. The lowest BCUT2D eigenvalue weighted by Crippen LogP contribution is -2.28. The van der Waals surface area contributed by atoms with E-state index in [4.69, 9.17) is 28.9 Å². The molecule has 0 aliphatic rings. The van der Waals surface area contributed by atoms with Crippen LogP contribution in [0.3, 0.4) is 0 Å². The Bertz CT molecular complexity index is 310. The zero-order chi connectivity index (χ0) is 9.84. The molecule has 0 atom stereocenters. The average molecular weight is 272 g/mol. The van der Waals surface area contributed by atoms with Gasteiger partial charge in [0.1, 0.15) is 0 Å². The van der Waals surface area contributed by atoms with Crippen LogP contribution < -0.4 is 11.1 Å². The van der Waals surface area contributed by atoms with Crippen LogP contribution in [-0.2, 0) is 6.54 Å². The molecule has 0 aliphatic heterocycles. The van der Waals surface area contributed by atoms with Crippen molar-refractivity contribution in [1.82, 2.24) is 5.32 Å². The van der Waals surface area contributed by atoms with Crippen molar-refractivity contribution in [3.05, 3.63) is 33.8 Å². The molecule has 0 aromatic heterocycles. The van der Waals surface area contributed by atoms with Crippen LogP contribution in [0.1, 0.15) is 5.56 Å². The summed E-state index contributed by atoms with van der Waals surface area (Å²) in [6.07, 6.45) is 0. The van der Waals surface area contributed by atoms with Gasteiger partial charge < -0.3 is 11.1 Å². The number of halogens is 3. The minimum atomic E-state index is 0. The SMILES string of the molecule is Cl.NC(=S)NCc1c(Cl)cccc1Cl.